The first kappa shape index (κ1) is 16.2. The second kappa shape index (κ2) is 6.56. The van der Waals surface area contributed by atoms with Gasteiger partial charge in [-0.25, -0.2) is 13.1 Å². The summed E-state index contributed by atoms with van der Waals surface area (Å²) in [7, 11) is -3.63. The largest absolute Gasteiger partial charge is 0.397 e. The van der Waals surface area contributed by atoms with Gasteiger partial charge >= 0.3 is 0 Å². The number of aliphatic hydroxyl groups is 1. The van der Waals surface area contributed by atoms with Crippen LogP contribution >= 0.6 is 11.6 Å². The fourth-order valence-electron chi connectivity index (χ4n) is 1.57. The van der Waals surface area contributed by atoms with Gasteiger partial charge in [-0.05, 0) is 37.5 Å². The van der Waals surface area contributed by atoms with E-state index in [1.54, 1.807) is 6.92 Å². The zero-order chi connectivity index (χ0) is 14.6. The predicted octanol–water partition coefficient (Wildman–Crippen LogP) is 1.67. The molecule has 0 aliphatic heterocycles. The number of hydrogen-bond acceptors (Lipinski definition) is 4. The van der Waals surface area contributed by atoms with E-state index in [9.17, 15) is 13.5 Å². The van der Waals surface area contributed by atoms with Crippen LogP contribution in [0.4, 0.5) is 5.69 Å². The Bertz CT molecular complexity index is 523. The van der Waals surface area contributed by atoms with Crippen molar-refractivity contribution in [1.29, 1.82) is 0 Å². The van der Waals surface area contributed by atoms with Crippen molar-refractivity contribution in [2.75, 3.05) is 12.3 Å². The maximum atomic E-state index is 12.0. The number of benzene rings is 1. The molecular formula is C12H19ClN2O3S. The van der Waals surface area contributed by atoms with Crippen LogP contribution in [0.25, 0.3) is 0 Å². The maximum Gasteiger partial charge on any atom is 0.240 e. The monoisotopic (exact) mass is 306 g/mol. The van der Waals surface area contributed by atoms with Crippen molar-refractivity contribution >= 4 is 27.3 Å². The Balaban J connectivity index is 2.83. The number of halogens is 1. The Kier molecular flexibility index (Phi) is 5.61. The van der Waals surface area contributed by atoms with Gasteiger partial charge in [0.15, 0.2) is 0 Å². The Morgan fingerprint density at radius 1 is 1.47 bits per heavy atom. The predicted molar refractivity (Wildman–Crippen MR) is 76.7 cm³/mol. The Hall–Kier alpha value is -0.820. The standard InChI is InChI=1S/C12H19ClN2O3S/c1-3-9(16)4-5-15-19(17,18)10-6-8(2)12(13)11(14)7-10/h6-7,9,15-16H,3-5,14H2,1-2H3. The normalized spacial score (nSPS) is 13.5. The van der Waals surface area contributed by atoms with E-state index in [0.717, 1.165) is 0 Å². The lowest BCUT2D eigenvalue weighted by atomic mass is 10.2. The van der Waals surface area contributed by atoms with Crippen LogP contribution in [-0.4, -0.2) is 26.2 Å². The molecule has 0 radical (unpaired) electrons. The first-order chi connectivity index (χ1) is 8.77. The molecule has 1 aromatic carbocycles. The molecule has 1 aromatic rings. The van der Waals surface area contributed by atoms with Crippen molar-refractivity contribution in [3.05, 3.63) is 22.7 Å². The molecule has 5 nitrogen and oxygen atoms in total. The van der Waals surface area contributed by atoms with Crippen LogP contribution in [0, 0.1) is 6.92 Å². The third kappa shape index (κ3) is 4.35. The molecule has 7 heteroatoms. The van der Waals surface area contributed by atoms with Gasteiger partial charge in [0.1, 0.15) is 0 Å². The second-order valence-corrected chi connectivity index (χ2v) is 6.54. The summed E-state index contributed by atoms with van der Waals surface area (Å²) in [6.07, 6.45) is 0.465. The maximum absolute atomic E-state index is 12.0. The molecule has 0 fully saturated rings. The first-order valence-corrected chi connectivity index (χ1v) is 7.87. The van der Waals surface area contributed by atoms with Gasteiger partial charge in [-0.1, -0.05) is 18.5 Å². The van der Waals surface area contributed by atoms with Crippen LogP contribution in [0.2, 0.25) is 5.02 Å². The molecule has 19 heavy (non-hydrogen) atoms. The number of nitrogens with one attached hydrogen (secondary N) is 1. The van der Waals surface area contributed by atoms with Crippen molar-refractivity contribution < 1.29 is 13.5 Å². The van der Waals surface area contributed by atoms with Gasteiger partial charge in [0, 0.05) is 6.54 Å². The number of aryl methyl sites for hydroxylation is 1. The third-order valence-electron chi connectivity index (χ3n) is 2.81. The lowest BCUT2D eigenvalue weighted by Crippen LogP contribution is -2.27. The van der Waals surface area contributed by atoms with Gasteiger partial charge in [0.2, 0.25) is 10.0 Å². The van der Waals surface area contributed by atoms with Crippen LogP contribution in [0.1, 0.15) is 25.3 Å². The summed E-state index contributed by atoms with van der Waals surface area (Å²) in [5, 5.41) is 9.74. The molecular weight excluding hydrogens is 288 g/mol. The fraction of sp³-hybridized carbons (Fsp3) is 0.500. The average molecular weight is 307 g/mol. The number of anilines is 1. The van der Waals surface area contributed by atoms with Gasteiger partial charge < -0.3 is 10.8 Å². The number of aliphatic hydroxyl groups excluding tert-OH is 1. The molecule has 0 heterocycles. The number of nitrogen functional groups attached to an aromatic ring is 1. The van der Waals surface area contributed by atoms with Crippen molar-refractivity contribution in [2.45, 2.75) is 37.7 Å². The van der Waals surface area contributed by atoms with Gasteiger partial charge in [-0.2, -0.15) is 0 Å². The zero-order valence-electron chi connectivity index (χ0n) is 11.0. The minimum atomic E-state index is -3.63. The highest BCUT2D eigenvalue weighted by Gasteiger charge is 2.16. The summed E-state index contributed by atoms with van der Waals surface area (Å²) in [6, 6.07) is 2.80. The second-order valence-electron chi connectivity index (χ2n) is 4.39. The van der Waals surface area contributed by atoms with E-state index in [0.29, 0.717) is 23.4 Å². The van der Waals surface area contributed by atoms with E-state index in [4.69, 9.17) is 17.3 Å². The third-order valence-corrected chi connectivity index (χ3v) is 4.76. The average Bonchev–Trinajstić information content (AvgIpc) is 2.34. The summed E-state index contributed by atoms with van der Waals surface area (Å²) in [6.45, 7) is 3.71. The van der Waals surface area contributed by atoms with Crippen LogP contribution in [0.5, 0.6) is 0 Å². The van der Waals surface area contributed by atoms with E-state index in [1.807, 2.05) is 6.92 Å². The molecule has 0 aliphatic carbocycles. The number of rotatable bonds is 6. The van der Waals surface area contributed by atoms with Crippen molar-refractivity contribution in [2.24, 2.45) is 0 Å². The van der Waals surface area contributed by atoms with E-state index in [-0.39, 0.29) is 17.1 Å². The summed E-state index contributed by atoms with van der Waals surface area (Å²) >= 11 is 5.89. The highest BCUT2D eigenvalue weighted by Crippen LogP contribution is 2.26. The molecule has 108 valence electrons. The first-order valence-electron chi connectivity index (χ1n) is 6.01. The summed E-state index contributed by atoms with van der Waals surface area (Å²) in [5.41, 5.74) is 6.49. The molecule has 0 saturated carbocycles. The topological polar surface area (TPSA) is 92.4 Å². The molecule has 4 N–H and O–H groups in total. The molecule has 1 atom stereocenters. The van der Waals surface area contributed by atoms with Crippen LogP contribution < -0.4 is 10.5 Å². The van der Waals surface area contributed by atoms with E-state index >= 15 is 0 Å². The van der Waals surface area contributed by atoms with Gasteiger partial charge in [0.05, 0.1) is 21.7 Å². The minimum Gasteiger partial charge on any atom is -0.397 e. The van der Waals surface area contributed by atoms with E-state index in [1.165, 1.54) is 12.1 Å². The Morgan fingerprint density at radius 2 is 2.11 bits per heavy atom. The SMILES string of the molecule is CCC(O)CCNS(=O)(=O)c1cc(C)c(Cl)c(N)c1. The number of hydrogen-bond donors (Lipinski definition) is 3. The minimum absolute atomic E-state index is 0.0814. The van der Waals surface area contributed by atoms with Crippen LogP contribution in [0.15, 0.2) is 17.0 Å². The number of nitrogens with two attached hydrogens (primary N) is 1. The molecule has 0 spiro atoms. The molecule has 0 bridgehead atoms. The molecule has 0 aliphatic rings. The summed E-state index contributed by atoms with van der Waals surface area (Å²) in [4.78, 5) is 0.0814. The lowest BCUT2D eigenvalue weighted by Gasteiger charge is -2.11. The molecule has 0 aromatic heterocycles. The molecule has 1 unspecified atom stereocenters. The van der Waals surface area contributed by atoms with Crippen molar-refractivity contribution in [3.8, 4) is 0 Å². The van der Waals surface area contributed by atoms with Crippen molar-refractivity contribution in [1.82, 2.24) is 4.72 Å². The van der Waals surface area contributed by atoms with Gasteiger partial charge in [-0.3, -0.25) is 0 Å². The van der Waals surface area contributed by atoms with Crippen molar-refractivity contribution in [3.63, 3.8) is 0 Å². The Labute approximate surface area is 118 Å². The van der Waals surface area contributed by atoms with E-state index in [2.05, 4.69) is 4.72 Å². The van der Waals surface area contributed by atoms with Gasteiger partial charge in [-0.15, -0.1) is 0 Å². The molecule has 0 amide bonds. The van der Waals surface area contributed by atoms with Gasteiger partial charge in [0.25, 0.3) is 0 Å². The summed E-state index contributed by atoms with van der Waals surface area (Å²) in [5.74, 6) is 0. The Morgan fingerprint density at radius 3 is 2.63 bits per heavy atom. The number of sulfonamides is 1. The molecule has 0 saturated heterocycles. The lowest BCUT2D eigenvalue weighted by molar-refractivity contribution is 0.162. The smallest absolute Gasteiger partial charge is 0.240 e. The van der Waals surface area contributed by atoms with E-state index < -0.39 is 16.1 Å². The highest BCUT2D eigenvalue weighted by atomic mass is 35.5. The molecule has 1 rings (SSSR count). The zero-order valence-corrected chi connectivity index (χ0v) is 12.6. The van der Waals surface area contributed by atoms with Crippen LogP contribution in [-0.2, 0) is 10.0 Å². The highest BCUT2D eigenvalue weighted by molar-refractivity contribution is 7.89. The summed E-state index contributed by atoms with van der Waals surface area (Å²) < 4.78 is 26.5. The quantitative estimate of drug-likeness (QED) is 0.697. The fourth-order valence-corrected chi connectivity index (χ4v) is 2.84. The van der Waals surface area contributed by atoms with Crippen LogP contribution in [0.3, 0.4) is 0 Å².